The molecule has 0 N–H and O–H groups in total. The Morgan fingerprint density at radius 1 is 1.35 bits per heavy atom. The number of hydrogen-bond donors (Lipinski definition) is 0. The van der Waals surface area contributed by atoms with Crippen LogP contribution >= 0.6 is 0 Å². The van der Waals surface area contributed by atoms with Crippen LogP contribution in [0.2, 0.25) is 0 Å². The molecule has 1 heterocycles. The Hall–Kier alpha value is -2.43. The van der Waals surface area contributed by atoms with Crippen LogP contribution in [0.25, 0.3) is 11.1 Å². The number of methoxy groups -OCH3 is 1. The number of halogens is 1. The third-order valence-electron chi connectivity index (χ3n) is 2.72. The number of nitrogens with zero attached hydrogens (tertiary/aromatic N) is 1. The molecule has 20 heavy (non-hydrogen) atoms. The molecular weight excluding hydrogens is 261 g/mol. The van der Waals surface area contributed by atoms with Crippen molar-refractivity contribution in [3.05, 3.63) is 47.9 Å². The fraction of sp³-hybridized carbons (Fsp3) is 0.200. The Morgan fingerprint density at radius 2 is 2.10 bits per heavy atom. The standard InChI is InChI=1S/C15H14FNO3/c1-3-20-15(18)12-8-10(9-17-14(12)19-2)11-6-4-5-7-13(11)16/h4-9H,3H2,1-2H3. The Balaban J connectivity index is 2.50. The lowest BCUT2D eigenvalue weighted by Gasteiger charge is -2.09. The molecule has 0 saturated heterocycles. The highest BCUT2D eigenvalue weighted by Crippen LogP contribution is 2.26. The minimum atomic E-state index is -0.546. The predicted molar refractivity (Wildman–Crippen MR) is 72.1 cm³/mol. The van der Waals surface area contributed by atoms with Gasteiger partial charge in [-0.2, -0.15) is 0 Å². The lowest BCUT2D eigenvalue weighted by molar-refractivity contribution is 0.0522. The zero-order valence-electron chi connectivity index (χ0n) is 11.2. The van der Waals surface area contributed by atoms with Crippen molar-refractivity contribution in [2.45, 2.75) is 6.92 Å². The second kappa shape index (κ2) is 6.14. The number of hydrogen-bond acceptors (Lipinski definition) is 4. The average Bonchev–Trinajstić information content (AvgIpc) is 2.47. The summed E-state index contributed by atoms with van der Waals surface area (Å²) >= 11 is 0. The van der Waals surface area contributed by atoms with E-state index in [9.17, 15) is 9.18 Å². The maximum Gasteiger partial charge on any atom is 0.343 e. The number of carbonyl (C=O) groups is 1. The van der Waals surface area contributed by atoms with Gasteiger partial charge < -0.3 is 9.47 Å². The van der Waals surface area contributed by atoms with Crippen molar-refractivity contribution in [1.82, 2.24) is 4.98 Å². The molecule has 1 aromatic carbocycles. The first-order valence-corrected chi connectivity index (χ1v) is 6.13. The zero-order chi connectivity index (χ0) is 14.5. The Morgan fingerprint density at radius 3 is 2.75 bits per heavy atom. The molecule has 1 aromatic heterocycles. The zero-order valence-corrected chi connectivity index (χ0v) is 11.2. The summed E-state index contributed by atoms with van der Waals surface area (Å²) < 4.78 is 23.7. The number of esters is 1. The third kappa shape index (κ3) is 2.77. The second-order valence-corrected chi connectivity index (χ2v) is 3.98. The van der Waals surface area contributed by atoms with Gasteiger partial charge in [-0.05, 0) is 19.1 Å². The molecule has 0 aliphatic rings. The van der Waals surface area contributed by atoms with Gasteiger partial charge >= 0.3 is 5.97 Å². The van der Waals surface area contributed by atoms with Crippen molar-refractivity contribution in [3.63, 3.8) is 0 Å². The molecule has 2 aromatic rings. The van der Waals surface area contributed by atoms with E-state index in [1.807, 2.05) is 0 Å². The van der Waals surface area contributed by atoms with Crippen LogP contribution in [0.15, 0.2) is 36.5 Å². The smallest absolute Gasteiger partial charge is 0.343 e. The van der Waals surface area contributed by atoms with Crippen LogP contribution in [0.1, 0.15) is 17.3 Å². The lowest BCUT2D eigenvalue weighted by Crippen LogP contribution is -2.08. The summed E-state index contributed by atoms with van der Waals surface area (Å²) in [6, 6.07) is 7.80. The highest BCUT2D eigenvalue weighted by Gasteiger charge is 2.17. The van der Waals surface area contributed by atoms with Gasteiger partial charge in [0.05, 0.1) is 13.7 Å². The molecule has 2 rings (SSSR count). The van der Waals surface area contributed by atoms with Crippen molar-refractivity contribution in [3.8, 4) is 17.0 Å². The maximum absolute atomic E-state index is 13.8. The van der Waals surface area contributed by atoms with Crippen LogP contribution in [-0.2, 0) is 4.74 Å². The molecule has 0 atom stereocenters. The predicted octanol–water partition coefficient (Wildman–Crippen LogP) is 3.07. The van der Waals surface area contributed by atoms with E-state index in [1.165, 1.54) is 25.4 Å². The van der Waals surface area contributed by atoms with Crippen LogP contribution in [-0.4, -0.2) is 24.7 Å². The van der Waals surface area contributed by atoms with Gasteiger partial charge in [-0.15, -0.1) is 0 Å². The summed E-state index contributed by atoms with van der Waals surface area (Å²) in [6.07, 6.45) is 1.46. The minimum Gasteiger partial charge on any atom is -0.480 e. The molecule has 4 nitrogen and oxygen atoms in total. The van der Waals surface area contributed by atoms with Crippen LogP contribution < -0.4 is 4.74 Å². The van der Waals surface area contributed by atoms with E-state index in [4.69, 9.17) is 9.47 Å². The number of pyridine rings is 1. The van der Waals surface area contributed by atoms with Crippen LogP contribution in [0.4, 0.5) is 4.39 Å². The Bertz CT molecular complexity index is 628. The number of rotatable bonds is 4. The van der Waals surface area contributed by atoms with E-state index in [0.29, 0.717) is 11.1 Å². The first-order valence-electron chi connectivity index (χ1n) is 6.13. The summed E-state index contributed by atoms with van der Waals surface area (Å²) in [5.41, 5.74) is 1.04. The van der Waals surface area contributed by atoms with Gasteiger partial charge in [0.1, 0.15) is 11.4 Å². The molecule has 0 fully saturated rings. The molecule has 0 amide bonds. The Kier molecular flexibility index (Phi) is 4.30. The lowest BCUT2D eigenvalue weighted by atomic mass is 10.1. The molecule has 104 valence electrons. The fourth-order valence-corrected chi connectivity index (χ4v) is 1.81. The van der Waals surface area contributed by atoms with Gasteiger partial charge in [-0.25, -0.2) is 14.2 Å². The summed E-state index contributed by atoms with van der Waals surface area (Å²) in [7, 11) is 1.41. The van der Waals surface area contributed by atoms with Gasteiger partial charge in [0, 0.05) is 17.3 Å². The van der Waals surface area contributed by atoms with Crippen molar-refractivity contribution in [1.29, 1.82) is 0 Å². The van der Waals surface area contributed by atoms with Gasteiger partial charge in [0.25, 0.3) is 0 Å². The quantitative estimate of drug-likeness (QED) is 0.805. The van der Waals surface area contributed by atoms with Crippen molar-refractivity contribution < 1.29 is 18.7 Å². The van der Waals surface area contributed by atoms with Gasteiger partial charge in [0.15, 0.2) is 0 Å². The summed E-state index contributed by atoms with van der Waals surface area (Å²) in [6.45, 7) is 1.95. The molecule has 0 aliphatic carbocycles. The molecule has 0 radical (unpaired) electrons. The molecule has 5 heteroatoms. The molecule has 0 aliphatic heterocycles. The highest BCUT2D eigenvalue weighted by molar-refractivity contribution is 5.93. The minimum absolute atomic E-state index is 0.156. The first-order chi connectivity index (χ1) is 9.67. The van der Waals surface area contributed by atoms with Crippen LogP contribution in [0.3, 0.4) is 0 Å². The number of benzene rings is 1. The van der Waals surface area contributed by atoms with E-state index in [2.05, 4.69) is 4.98 Å². The highest BCUT2D eigenvalue weighted by atomic mass is 19.1. The monoisotopic (exact) mass is 275 g/mol. The van der Waals surface area contributed by atoms with Crippen molar-refractivity contribution in [2.24, 2.45) is 0 Å². The number of aromatic nitrogens is 1. The molecule has 0 unspecified atom stereocenters. The third-order valence-corrected chi connectivity index (χ3v) is 2.72. The number of ether oxygens (including phenoxy) is 2. The van der Waals surface area contributed by atoms with E-state index in [0.717, 1.165) is 0 Å². The Labute approximate surface area is 116 Å². The summed E-state index contributed by atoms with van der Waals surface area (Å²) in [5, 5.41) is 0. The molecule has 0 spiro atoms. The molecular formula is C15H14FNO3. The molecule has 0 saturated carbocycles. The van der Waals surface area contributed by atoms with Crippen LogP contribution in [0, 0.1) is 5.82 Å². The largest absolute Gasteiger partial charge is 0.480 e. The topological polar surface area (TPSA) is 48.4 Å². The van der Waals surface area contributed by atoms with E-state index in [1.54, 1.807) is 25.1 Å². The maximum atomic E-state index is 13.8. The van der Waals surface area contributed by atoms with Crippen LogP contribution in [0.5, 0.6) is 5.88 Å². The van der Waals surface area contributed by atoms with E-state index < -0.39 is 5.97 Å². The first kappa shape index (κ1) is 14.0. The van der Waals surface area contributed by atoms with Gasteiger partial charge in [0.2, 0.25) is 5.88 Å². The van der Waals surface area contributed by atoms with Crippen molar-refractivity contribution in [2.75, 3.05) is 13.7 Å². The SMILES string of the molecule is CCOC(=O)c1cc(-c2ccccc2F)cnc1OC. The fourth-order valence-electron chi connectivity index (χ4n) is 1.81. The normalized spacial score (nSPS) is 10.2. The van der Waals surface area contributed by atoms with E-state index in [-0.39, 0.29) is 23.9 Å². The molecule has 0 bridgehead atoms. The number of carbonyl (C=O) groups excluding carboxylic acids is 1. The van der Waals surface area contributed by atoms with Gasteiger partial charge in [-0.3, -0.25) is 0 Å². The summed E-state index contributed by atoms with van der Waals surface area (Å²) in [5.74, 6) is -0.771. The van der Waals surface area contributed by atoms with Gasteiger partial charge in [-0.1, -0.05) is 18.2 Å². The van der Waals surface area contributed by atoms with E-state index >= 15 is 0 Å². The summed E-state index contributed by atoms with van der Waals surface area (Å²) in [4.78, 5) is 15.9. The van der Waals surface area contributed by atoms with Crippen molar-refractivity contribution >= 4 is 5.97 Å². The average molecular weight is 275 g/mol. The second-order valence-electron chi connectivity index (χ2n) is 3.98.